The molecule has 0 spiro atoms. The summed E-state index contributed by atoms with van der Waals surface area (Å²) in [6, 6.07) is 67.7. The van der Waals surface area contributed by atoms with Gasteiger partial charge in [0.2, 0.25) is 5.89 Å². The molecule has 2 heteroatoms. The van der Waals surface area contributed by atoms with E-state index in [2.05, 4.69) is 158 Å². The van der Waals surface area contributed by atoms with E-state index < -0.39 is 0 Å². The van der Waals surface area contributed by atoms with Gasteiger partial charge in [-0.2, -0.15) is 0 Å². The molecule has 0 atom stereocenters. The number of nitrogens with zero attached hydrogens (tertiary/aromatic N) is 1. The molecule has 0 radical (unpaired) electrons. The molecule has 11 rings (SSSR count). The Morgan fingerprint density at radius 2 is 0.868 bits per heavy atom. The van der Waals surface area contributed by atoms with Crippen molar-refractivity contribution in [3.8, 4) is 44.8 Å². The highest BCUT2D eigenvalue weighted by Crippen LogP contribution is 2.45. The molecule has 2 nitrogen and oxygen atoms in total. The first-order valence-corrected chi connectivity index (χ1v) is 18.1. The molecule has 1 aromatic heterocycles. The van der Waals surface area contributed by atoms with Gasteiger partial charge >= 0.3 is 0 Å². The van der Waals surface area contributed by atoms with Crippen LogP contribution >= 0.6 is 0 Å². The molecular formula is C51H31NO. The fourth-order valence-corrected chi connectivity index (χ4v) is 8.43. The van der Waals surface area contributed by atoms with Crippen LogP contribution in [-0.4, -0.2) is 4.98 Å². The van der Waals surface area contributed by atoms with Crippen LogP contribution in [0.3, 0.4) is 0 Å². The van der Waals surface area contributed by atoms with Gasteiger partial charge in [-0.05, 0) is 106 Å². The third-order valence-electron chi connectivity index (χ3n) is 10.9. The second-order valence-electron chi connectivity index (χ2n) is 13.8. The van der Waals surface area contributed by atoms with Crippen LogP contribution < -0.4 is 0 Å². The van der Waals surface area contributed by atoms with Gasteiger partial charge in [-0.1, -0.05) is 164 Å². The number of hydrogen-bond acceptors (Lipinski definition) is 2. The number of fused-ring (bicyclic) bond motifs is 8. The maximum atomic E-state index is 6.57. The Labute approximate surface area is 306 Å². The zero-order valence-electron chi connectivity index (χ0n) is 28.8. The summed E-state index contributed by atoms with van der Waals surface area (Å²) in [6.45, 7) is 0. The highest BCUT2D eigenvalue weighted by atomic mass is 16.3. The van der Waals surface area contributed by atoms with Crippen LogP contribution in [0.2, 0.25) is 0 Å². The average Bonchev–Trinajstić information content (AvgIpc) is 3.68. The summed E-state index contributed by atoms with van der Waals surface area (Å²) in [7, 11) is 0. The lowest BCUT2D eigenvalue weighted by atomic mass is 9.85. The van der Waals surface area contributed by atoms with Crippen LogP contribution in [0.5, 0.6) is 0 Å². The maximum absolute atomic E-state index is 6.57. The average molecular weight is 674 g/mol. The van der Waals surface area contributed by atoms with Gasteiger partial charge < -0.3 is 4.42 Å². The molecule has 0 unspecified atom stereocenters. The van der Waals surface area contributed by atoms with Crippen molar-refractivity contribution < 1.29 is 4.42 Å². The number of aromatic nitrogens is 1. The van der Waals surface area contributed by atoms with E-state index in [-0.39, 0.29) is 0 Å². The molecule has 0 aliphatic heterocycles. The fraction of sp³-hybridized carbons (Fsp3) is 0. The minimum absolute atomic E-state index is 0.638. The Kier molecular flexibility index (Phi) is 6.59. The zero-order valence-corrected chi connectivity index (χ0v) is 28.8. The minimum atomic E-state index is 0.638. The molecule has 0 N–H and O–H groups in total. The van der Waals surface area contributed by atoms with Gasteiger partial charge in [-0.3, -0.25) is 0 Å². The van der Waals surface area contributed by atoms with E-state index in [1.807, 2.05) is 30.3 Å². The minimum Gasteiger partial charge on any atom is -0.435 e. The van der Waals surface area contributed by atoms with Crippen molar-refractivity contribution in [3.05, 3.63) is 188 Å². The molecule has 11 aromatic rings. The molecule has 0 aliphatic carbocycles. The summed E-state index contributed by atoms with van der Waals surface area (Å²) in [4.78, 5) is 4.91. The lowest BCUT2D eigenvalue weighted by Crippen LogP contribution is -1.91. The number of oxazole rings is 1. The lowest BCUT2D eigenvalue weighted by molar-refractivity contribution is 0.623. The normalized spacial score (nSPS) is 11.8. The third kappa shape index (κ3) is 4.70. The smallest absolute Gasteiger partial charge is 0.227 e. The number of rotatable bonds is 4. The molecule has 0 fully saturated rings. The first-order valence-electron chi connectivity index (χ1n) is 18.1. The summed E-state index contributed by atoms with van der Waals surface area (Å²) < 4.78 is 6.57. The molecule has 1 heterocycles. The molecule has 53 heavy (non-hydrogen) atoms. The molecule has 10 aromatic carbocycles. The topological polar surface area (TPSA) is 26.0 Å². The van der Waals surface area contributed by atoms with Crippen LogP contribution in [-0.2, 0) is 0 Å². The number of hydrogen-bond donors (Lipinski definition) is 0. The van der Waals surface area contributed by atoms with Crippen molar-refractivity contribution in [2.24, 2.45) is 0 Å². The second-order valence-corrected chi connectivity index (χ2v) is 13.8. The molecule has 0 aliphatic rings. The Hall–Kier alpha value is -7.03. The molecule has 0 saturated heterocycles. The molecular weight excluding hydrogens is 643 g/mol. The van der Waals surface area contributed by atoms with E-state index in [9.17, 15) is 0 Å². The molecule has 246 valence electrons. The van der Waals surface area contributed by atoms with Gasteiger partial charge in [0, 0.05) is 10.9 Å². The third-order valence-corrected chi connectivity index (χ3v) is 10.9. The Morgan fingerprint density at radius 1 is 0.340 bits per heavy atom. The zero-order chi connectivity index (χ0) is 34.9. The van der Waals surface area contributed by atoms with Gasteiger partial charge in [0.05, 0.1) is 0 Å². The highest BCUT2D eigenvalue weighted by Gasteiger charge is 2.19. The summed E-state index contributed by atoms with van der Waals surface area (Å²) in [5, 5.41) is 12.0. The summed E-state index contributed by atoms with van der Waals surface area (Å²) in [6.07, 6.45) is 0. The van der Waals surface area contributed by atoms with Gasteiger partial charge in [0.15, 0.2) is 5.58 Å². The van der Waals surface area contributed by atoms with Crippen molar-refractivity contribution in [1.82, 2.24) is 4.98 Å². The lowest BCUT2D eigenvalue weighted by Gasteiger charge is -2.18. The van der Waals surface area contributed by atoms with E-state index in [4.69, 9.17) is 9.40 Å². The van der Waals surface area contributed by atoms with Crippen LogP contribution in [0.25, 0.3) is 110 Å². The highest BCUT2D eigenvalue weighted by molar-refractivity contribution is 6.23. The van der Waals surface area contributed by atoms with E-state index in [0.717, 1.165) is 32.8 Å². The van der Waals surface area contributed by atoms with Crippen molar-refractivity contribution >= 4 is 65.0 Å². The largest absolute Gasteiger partial charge is 0.435 e. The Bertz CT molecular complexity index is 3150. The van der Waals surface area contributed by atoms with E-state index in [1.54, 1.807) is 0 Å². The first-order chi connectivity index (χ1) is 26.3. The maximum Gasteiger partial charge on any atom is 0.227 e. The number of benzene rings is 10. The Balaban J connectivity index is 1.12. The van der Waals surface area contributed by atoms with E-state index in [0.29, 0.717) is 5.89 Å². The van der Waals surface area contributed by atoms with E-state index in [1.165, 1.54) is 71.1 Å². The van der Waals surface area contributed by atoms with Crippen LogP contribution in [0.4, 0.5) is 0 Å². The van der Waals surface area contributed by atoms with Gasteiger partial charge in [0.25, 0.3) is 0 Å². The van der Waals surface area contributed by atoms with Crippen LogP contribution in [0, 0.1) is 0 Å². The summed E-state index contributed by atoms with van der Waals surface area (Å²) in [5.74, 6) is 0.638. The fourth-order valence-electron chi connectivity index (χ4n) is 8.43. The summed E-state index contributed by atoms with van der Waals surface area (Å²) >= 11 is 0. The predicted molar refractivity (Wildman–Crippen MR) is 223 cm³/mol. The Morgan fingerprint density at radius 3 is 1.60 bits per heavy atom. The van der Waals surface area contributed by atoms with Crippen LogP contribution in [0.1, 0.15) is 0 Å². The standard InChI is InChI=1S/C51H31NO/c1-2-12-37(13-3-1)51-52-46-30-29-36-27-23-34-24-28-38(31-45(34)49(36)50(46)53-51)48-43-18-8-6-16-41(43)47(42-17-7-9-19-44(42)48)35-25-21-33(22-26-35)40-20-10-14-32-11-4-5-15-39(32)40/h1-31H. The first kappa shape index (κ1) is 29.7. The van der Waals surface area contributed by atoms with Crippen molar-refractivity contribution in [2.45, 2.75) is 0 Å². The SMILES string of the molecule is c1ccc(-c2nc3ccc4ccc5ccc(-c6c7ccccc7c(-c7ccc(-c8cccc9ccccc89)cc7)c7ccccc67)cc5c4c3o2)cc1. The van der Waals surface area contributed by atoms with E-state index >= 15 is 0 Å². The summed E-state index contributed by atoms with van der Waals surface area (Å²) in [5.41, 5.74) is 10.0. The second kappa shape index (κ2) is 11.8. The van der Waals surface area contributed by atoms with Crippen molar-refractivity contribution in [2.75, 3.05) is 0 Å². The van der Waals surface area contributed by atoms with Gasteiger partial charge in [-0.25, -0.2) is 4.98 Å². The van der Waals surface area contributed by atoms with Gasteiger partial charge in [-0.15, -0.1) is 0 Å². The van der Waals surface area contributed by atoms with Crippen molar-refractivity contribution in [1.29, 1.82) is 0 Å². The van der Waals surface area contributed by atoms with Crippen molar-refractivity contribution in [3.63, 3.8) is 0 Å². The predicted octanol–water partition coefficient (Wildman–Crippen LogP) is 14.3. The monoisotopic (exact) mass is 673 g/mol. The van der Waals surface area contributed by atoms with Crippen LogP contribution in [0.15, 0.2) is 192 Å². The molecule has 0 saturated carbocycles. The molecule has 0 bridgehead atoms. The quantitative estimate of drug-likeness (QED) is 0.137. The van der Waals surface area contributed by atoms with Gasteiger partial charge in [0.1, 0.15) is 5.52 Å². The molecule has 0 amide bonds.